The van der Waals surface area contributed by atoms with E-state index in [1.807, 2.05) is 12.1 Å². The zero-order chi connectivity index (χ0) is 16.4. The van der Waals surface area contributed by atoms with Crippen molar-refractivity contribution in [1.82, 2.24) is 0 Å². The van der Waals surface area contributed by atoms with Gasteiger partial charge in [0, 0.05) is 23.2 Å². The van der Waals surface area contributed by atoms with E-state index in [1.165, 1.54) is 28.0 Å². The lowest BCUT2D eigenvalue weighted by atomic mass is 9.67. The Balaban J connectivity index is 2.18. The minimum absolute atomic E-state index is 0.0711. The van der Waals surface area contributed by atoms with Crippen LogP contribution in [0, 0.1) is 12.7 Å². The molecule has 0 unspecified atom stereocenters. The van der Waals surface area contributed by atoms with E-state index in [0.717, 1.165) is 19.4 Å². The Morgan fingerprint density at radius 3 is 2.39 bits per heavy atom. The van der Waals surface area contributed by atoms with Gasteiger partial charge in [0.05, 0.1) is 0 Å². The molecule has 1 heterocycles. The van der Waals surface area contributed by atoms with E-state index < -0.39 is 0 Å². The van der Waals surface area contributed by atoms with E-state index >= 15 is 0 Å². The van der Waals surface area contributed by atoms with Gasteiger partial charge in [-0.3, -0.25) is 0 Å². The molecule has 3 rings (SSSR count). The van der Waals surface area contributed by atoms with Crippen molar-refractivity contribution in [2.24, 2.45) is 0 Å². The van der Waals surface area contributed by atoms with Crippen molar-refractivity contribution < 1.29 is 4.39 Å². The SMILES string of the molecule is CCC(CC)(C1=CCNc2c(C)cccc21)c1ccc(F)cc1. The minimum atomic E-state index is -0.176. The quantitative estimate of drug-likeness (QED) is 0.763. The Hall–Kier alpha value is -2.09. The molecule has 0 aromatic heterocycles. The molecule has 0 spiro atoms. The van der Waals surface area contributed by atoms with Crippen LogP contribution >= 0.6 is 0 Å². The summed E-state index contributed by atoms with van der Waals surface area (Å²) in [4.78, 5) is 0. The van der Waals surface area contributed by atoms with Crippen LogP contribution in [0.1, 0.15) is 43.4 Å². The molecule has 1 nitrogen and oxygen atoms in total. The second kappa shape index (κ2) is 6.19. The highest BCUT2D eigenvalue weighted by molar-refractivity contribution is 5.86. The number of nitrogens with one attached hydrogen (secondary N) is 1. The van der Waals surface area contributed by atoms with Crippen molar-refractivity contribution in [2.75, 3.05) is 11.9 Å². The van der Waals surface area contributed by atoms with E-state index in [0.29, 0.717) is 0 Å². The molecule has 0 saturated carbocycles. The molecule has 120 valence electrons. The highest BCUT2D eigenvalue weighted by atomic mass is 19.1. The van der Waals surface area contributed by atoms with Gasteiger partial charge in [-0.25, -0.2) is 4.39 Å². The van der Waals surface area contributed by atoms with Crippen LogP contribution in [0.4, 0.5) is 10.1 Å². The number of benzene rings is 2. The van der Waals surface area contributed by atoms with Gasteiger partial charge in [-0.2, -0.15) is 0 Å². The lowest BCUT2D eigenvalue weighted by molar-refractivity contribution is 0.512. The molecule has 0 bridgehead atoms. The summed E-state index contributed by atoms with van der Waals surface area (Å²) in [6, 6.07) is 13.5. The molecule has 1 aliphatic rings. The largest absolute Gasteiger partial charge is 0.381 e. The monoisotopic (exact) mass is 309 g/mol. The number of anilines is 1. The first-order valence-electron chi connectivity index (χ1n) is 8.43. The molecule has 2 aromatic carbocycles. The van der Waals surface area contributed by atoms with Gasteiger partial charge in [0.1, 0.15) is 5.82 Å². The number of hydrogen-bond acceptors (Lipinski definition) is 1. The summed E-state index contributed by atoms with van der Waals surface area (Å²) in [5, 5.41) is 3.51. The van der Waals surface area contributed by atoms with E-state index in [2.05, 4.69) is 50.4 Å². The van der Waals surface area contributed by atoms with Crippen LogP contribution in [0.3, 0.4) is 0 Å². The molecule has 23 heavy (non-hydrogen) atoms. The van der Waals surface area contributed by atoms with Crippen molar-refractivity contribution in [3.05, 3.63) is 71.0 Å². The standard InChI is InChI=1S/C21H24FN/c1-4-21(5-2,16-9-11-17(22)12-10-16)19-13-14-23-20-15(3)7-6-8-18(19)20/h6-13,23H,4-5,14H2,1-3H3. The number of halogens is 1. The first-order valence-corrected chi connectivity index (χ1v) is 8.43. The fourth-order valence-corrected chi connectivity index (χ4v) is 3.91. The van der Waals surface area contributed by atoms with Gasteiger partial charge in [-0.05, 0) is 48.6 Å². The van der Waals surface area contributed by atoms with Crippen molar-refractivity contribution >= 4 is 11.3 Å². The molecule has 0 radical (unpaired) electrons. The average molecular weight is 309 g/mol. The van der Waals surface area contributed by atoms with Crippen LogP contribution in [-0.4, -0.2) is 6.54 Å². The first kappa shape index (κ1) is 15.8. The number of hydrogen-bond donors (Lipinski definition) is 1. The van der Waals surface area contributed by atoms with Crippen LogP contribution < -0.4 is 5.32 Å². The van der Waals surface area contributed by atoms with E-state index in [1.54, 1.807) is 12.1 Å². The van der Waals surface area contributed by atoms with Crippen molar-refractivity contribution in [1.29, 1.82) is 0 Å². The summed E-state index contributed by atoms with van der Waals surface area (Å²) in [6.45, 7) is 7.44. The number of rotatable bonds is 4. The molecule has 0 fully saturated rings. The fraction of sp³-hybridized carbons (Fsp3) is 0.333. The maximum atomic E-state index is 13.4. The number of fused-ring (bicyclic) bond motifs is 1. The van der Waals surface area contributed by atoms with Gasteiger partial charge in [0.15, 0.2) is 0 Å². The van der Waals surface area contributed by atoms with Gasteiger partial charge in [0.2, 0.25) is 0 Å². The van der Waals surface area contributed by atoms with Gasteiger partial charge in [-0.1, -0.05) is 50.3 Å². The van der Waals surface area contributed by atoms with Crippen LogP contribution in [-0.2, 0) is 5.41 Å². The maximum Gasteiger partial charge on any atom is 0.123 e. The average Bonchev–Trinajstić information content (AvgIpc) is 2.58. The Bertz CT molecular complexity index is 724. The Morgan fingerprint density at radius 2 is 1.74 bits per heavy atom. The third-order valence-corrected chi connectivity index (χ3v) is 5.27. The van der Waals surface area contributed by atoms with Crippen molar-refractivity contribution in [3.63, 3.8) is 0 Å². The second-order valence-corrected chi connectivity index (χ2v) is 6.29. The molecular formula is C21H24FN. The molecule has 2 heteroatoms. The minimum Gasteiger partial charge on any atom is -0.381 e. The van der Waals surface area contributed by atoms with Gasteiger partial charge in [0.25, 0.3) is 0 Å². The van der Waals surface area contributed by atoms with E-state index in [9.17, 15) is 4.39 Å². The lowest BCUT2D eigenvalue weighted by Gasteiger charge is -2.38. The molecule has 1 N–H and O–H groups in total. The first-order chi connectivity index (χ1) is 11.1. The normalized spacial score (nSPS) is 14.0. The van der Waals surface area contributed by atoms with E-state index in [4.69, 9.17) is 0 Å². The lowest BCUT2D eigenvalue weighted by Crippen LogP contribution is -2.29. The third-order valence-electron chi connectivity index (χ3n) is 5.27. The number of aryl methyl sites for hydroxylation is 1. The van der Waals surface area contributed by atoms with Crippen LogP contribution in [0.25, 0.3) is 5.57 Å². The van der Waals surface area contributed by atoms with Crippen LogP contribution in [0.2, 0.25) is 0 Å². The number of allylic oxidation sites excluding steroid dienone is 1. The summed E-state index contributed by atoms with van der Waals surface area (Å²) >= 11 is 0. The molecule has 0 atom stereocenters. The summed E-state index contributed by atoms with van der Waals surface area (Å²) in [7, 11) is 0. The maximum absolute atomic E-state index is 13.4. The third kappa shape index (κ3) is 2.56. The van der Waals surface area contributed by atoms with Gasteiger partial charge in [-0.15, -0.1) is 0 Å². The highest BCUT2D eigenvalue weighted by Gasteiger charge is 2.35. The summed E-state index contributed by atoms with van der Waals surface area (Å²) in [5.41, 5.74) is 6.28. The predicted molar refractivity (Wildman–Crippen MR) is 96.3 cm³/mol. The van der Waals surface area contributed by atoms with Crippen molar-refractivity contribution in [3.8, 4) is 0 Å². The van der Waals surface area contributed by atoms with Gasteiger partial charge >= 0.3 is 0 Å². The molecule has 2 aromatic rings. The molecule has 1 aliphatic heterocycles. The Morgan fingerprint density at radius 1 is 1.04 bits per heavy atom. The Labute approximate surface area is 138 Å². The van der Waals surface area contributed by atoms with Gasteiger partial charge < -0.3 is 5.32 Å². The summed E-state index contributed by atoms with van der Waals surface area (Å²) in [6.07, 6.45) is 4.29. The zero-order valence-electron chi connectivity index (χ0n) is 14.1. The predicted octanol–water partition coefficient (Wildman–Crippen LogP) is 5.70. The molecule has 0 saturated heterocycles. The van der Waals surface area contributed by atoms with E-state index in [-0.39, 0.29) is 11.2 Å². The number of para-hydroxylation sites is 1. The highest BCUT2D eigenvalue weighted by Crippen LogP contribution is 2.47. The summed E-state index contributed by atoms with van der Waals surface area (Å²) < 4.78 is 13.4. The smallest absolute Gasteiger partial charge is 0.123 e. The second-order valence-electron chi connectivity index (χ2n) is 6.29. The van der Waals surface area contributed by atoms with Crippen LogP contribution in [0.5, 0.6) is 0 Å². The van der Waals surface area contributed by atoms with Crippen LogP contribution in [0.15, 0.2) is 48.5 Å². The zero-order valence-corrected chi connectivity index (χ0v) is 14.1. The topological polar surface area (TPSA) is 12.0 Å². The molecule has 0 aliphatic carbocycles. The Kier molecular flexibility index (Phi) is 4.25. The molecule has 0 amide bonds. The summed E-state index contributed by atoms with van der Waals surface area (Å²) in [5.74, 6) is -0.176. The molecular weight excluding hydrogens is 285 g/mol. The van der Waals surface area contributed by atoms with Crippen molar-refractivity contribution in [2.45, 2.75) is 39.0 Å². The fourth-order valence-electron chi connectivity index (χ4n) is 3.91.